The Morgan fingerprint density at radius 2 is 1.83 bits per heavy atom. The lowest BCUT2D eigenvalue weighted by Gasteiger charge is -2.46. The lowest BCUT2D eigenvalue weighted by Crippen LogP contribution is -2.58. The van der Waals surface area contributed by atoms with Gasteiger partial charge in [-0.15, -0.1) is 0 Å². The number of quaternary nitrogens is 1. The third-order valence-corrected chi connectivity index (χ3v) is 6.10. The smallest absolute Gasteiger partial charge is 0.184 e. The monoisotopic (exact) mass is 254 g/mol. The predicted octanol–water partition coefficient (Wildman–Crippen LogP) is 3.95. The summed E-state index contributed by atoms with van der Waals surface area (Å²) in [5.41, 5.74) is 0.392. The fraction of sp³-hybridized carbons (Fsp3) is 1.00. The summed E-state index contributed by atoms with van der Waals surface area (Å²) in [7, 11) is 0. The Hall–Kier alpha value is -0.0800. The van der Waals surface area contributed by atoms with Gasteiger partial charge in [0.25, 0.3) is 0 Å². The Bertz CT molecular complexity index is 291. The van der Waals surface area contributed by atoms with Crippen molar-refractivity contribution >= 4 is 0 Å². The molecule has 106 valence electrons. The van der Waals surface area contributed by atoms with Crippen molar-refractivity contribution in [3.05, 3.63) is 0 Å². The van der Waals surface area contributed by atoms with Crippen molar-refractivity contribution in [2.45, 2.75) is 91.0 Å². The third-order valence-electron chi connectivity index (χ3n) is 6.10. The van der Waals surface area contributed by atoms with Crippen molar-refractivity contribution in [2.24, 2.45) is 5.92 Å². The van der Waals surface area contributed by atoms with Gasteiger partial charge in [0.05, 0.1) is 11.6 Å². The summed E-state index contributed by atoms with van der Waals surface area (Å²) in [5, 5.41) is 0. The zero-order valence-electron chi connectivity index (χ0n) is 13.2. The second kappa shape index (κ2) is 4.79. The lowest BCUT2D eigenvalue weighted by atomic mass is 9.83. The van der Waals surface area contributed by atoms with Crippen molar-refractivity contribution in [1.82, 2.24) is 0 Å². The van der Waals surface area contributed by atoms with Gasteiger partial charge in [0.15, 0.2) is 6.73 Å². The van der Waals surface area contributed by atoms with Gasteiger partial charge in [-0.3, -0.25) is 4.48 Å². The van der Waals surface area contributed by atoms with Crippen molar-refractivity contribution in [1.29, 1.82) is 0 Å². The molecule has 0 saturated carbocycles. The van der Waals surface area contributed by atoms with Crippen LogP contribution in [0.2, 0.25) is 0 Å². The molecule has 2 heterocycles. The zero-order chi connectivity index (χ0) is 13.6. The Labute approximate surface area is 113 Å². The topological polar surface area (TPSA) is 9.23 Å². The van der Waals surface area contributed by atoms with E-state index in [9.17, 15) is 0 Å². The Balaban J connectivity index is 2.06. The summed E-state index contributed by atoms with van der Waals surface area (Å²) in [4.78, 5) is 0. The molecule has 0 bridgehead atoms. The molecular weight excluding hydrogens is 222 g/mol. The molecule has 0 aliphatic carbocycles. The van der Waals surface area contributed by atoms with E-state index >= 15 is 0 Å². The average molecular weight is 254 g/mol. The molecule has 2 aliphatic heterocycles. The molecule has 0 N–H and O–H groups in total. The summed E-state index contributed by atoms with van der Waals surface area (Å²) in [5.74, 6) is 0.764. The minimum atomic E-state index is 0.392. The van der Waals surface area contributed by atoms with Gasteiger partial charge >= 0.3 is 0 Å². The van der Waals surface area contributed by atoms with Gasteiger partial charge in [0.2, 0.25) is 0 Å². The summed E-state index contributed by atoms with van der Waals surface area (Å²) in [6.45, 7) is 15.2. The van der Waals surface area contributed by atoms with Crippen LogP contribution in [0, 0.1) is 5.92 Å². The normalized spacial score (nSPS) is 44.0. The fourth-order valence-corrected chi connectivity index (χ4v) is 4.54. The van der Waals surface area contributed by atoms with E-state index < -0.39 is 0 Å². The Kier molecular flexibility index (Phi) is 3.81. The standard InChI is InChI=1S/C16H32NO/c1-7-9-14(8-2)15-10-16(5,6)17(11-18-15)12(3)13(17)4/h12-15H,7-11H2,1-6H3/q+1. The molecule has 0 amide bonds. The van der Waals surface area contributed by atoms with Gasteiger partial charge < -0.3 is 4.74 Å². The minimum absolute atomic E-state index is 0.392. The van der Waals surface area contributed by atoms with E-state index in [1.807, 2.05) is 0 Å². The van der Waals surface area contributed by atoms with Crippen LogP contribution in [0.25, 0.3) is 0 Å². The van der Waals surface area contributed by atoms with E-state index in [4.69, 9.17) is 4.74 Å². The molecule has 4 unspecified atom stereocenters. The Morgan fingerprint density at radius 3 is 2.22 bits per heavy atom. The van der Waals surface area contributed by atoms with Gasteiger partial charge in [-0.1, -0.05) is 26.7 Å². The van der Waals surface area contributed by atoms with Crippen LogP contribution < -0.4 is 0 Å². The van der Waals surface area contributed by atoms with Crippen molar-refractivity contribution in [3.8, 4) is 0 Å². The molecule has 0 aromatic heterocycles. The van der Waals surface area contributed by atoms with Crippen LogP contribution >= 0.6 is 0 Å². The molecule has 2 nitrogen and oxygen atoms in total. The van der Waals surface area contributed by atoms with E-state index in [1.54, 1.807) is 0 Å². The molecular formula is C16H32NO+. The quantitative estimate of drug-likeness (QED) is 0.545. The van der Waals surface area contributed by atoms with Crippen LogP contribution in [0.5, 0.6) is 0 Å². The zero-order valence-corrected chi connectivity index (χ0v) is 13.2. The van der Waals surface area contributed by atoms with E-state index in [1.165, 1.54) is 30.2 Å². The lowest BCUT2D eigenvalue weighted by molar-refractivity contribution is -0.907. The second-order valence-corrected chi connectivity index (χ2v) is 7.22. The molecule has 2 heteroatoms. The molecule has 0 aromatic rings. The van der Waals surface area contributed by atoms with Crippen molar-refractivity contribution in [3.63, 3.8) is 0 Å². The first kappa shape index (κ1) is 14.3. The average Bonchev–Trinajstić information content (AvgIpc) is 2.84. The number of rotatable bonds is 4. The van der Waals surface area contributed by atoms with E-state index in [0.29, 0.717) is 11.6 Å². The van der Waals surface area contributed by atoms with E-state index in [-0.39, 0.29) is 0 Å². The fourth-order valence-electron chi connectivity index (χ4n) is 4.54. The molecule has 4 atom stereocenters. The first-order valence-electron chi connectivity index (χ1n) is 7.89. The summed E-state index contributed by atoms with van der Waals surface area (Å²) in [6, 6.07) is 1.57. The molecule has 1 spiro atoms. The Morgan fingerprint density at radius 1 is 1.22 bits per heavy atom. The highest BCUT2D eigenvalue weighted by Gasteiger charge is 2.70. The number of nitrogens with zero attached hydrogens (tertiary/aromatic N) is 1. The summed E-state index contributed by atoms with van der Waals surface area (Å²) >= 11 is 0. The van der Waals surface area contributed by atoms with Crippen molar-refractivity contribution in [2.75, 3.05) is 6.73 Å². The summed E-state index contributed by atoms with van der Waals surface area (Å²) in [6.07, 6.45) is 5.60. The molecule has 2 saturated heterocycles. The van der Waals surface area contributed by atoms with Crippen LogP contribution in [0.4, 0.5) is 0 Å². The number of hydrogen-bond acceptors (Lipinski definition) is 1. The maximum absolute atomic E-state index is 6.31. The molecule has 18 heavy (non-hydrogen) atoms. The van der Waals surface area contributed by atoms with E-state index in [0.717, 1.165) is 24.7 Å². The van der Waals surface area contributed by atoms with Gasteiger partial charge in [-0.25, -0.2) is 0 Å². The predicted molar refractivity (Wildman–Crippen MR) is 76.3 cm³/mol. The van der Waals surface area contributed by atoms with Gasteiger partial charge in [-0.05, 0) is 40.0 Å². The largest absolute Gasteiger partial charge is 0.328 e. The summed E-state index contributed by atoms with van der Waals surface area (Å²) < 4.78 is 7.51. The van der Waals surface area contributed by atoms with Crippen LogP contribution in [0.3, 0.4) is 0 Å². The molecule has 0 radical (unpaired) electrons. The minimum Gasteiger partial charge on any atom is -0.328 e. The molecule has 2 fully saturated rings. The first-order valence-corrected chi connectivity index (χ1v) is 7.89. The second-order valence-electron chi connectivity index (χ2n) is 7.22. The highest BCUT2D eigenvalue weighted by Crippen LogP contribution is 2.52. The SMILES string of the molecule is CCCC(CC)C1CC(C)(C)[N+]2(CO1)C(C)C2C. The number of ether oxygens (including phenoxy) is 1. The molecule has 2 aliphatic rings. The third kappa shape index (κ3) is 1.92. The first-order chi connectivity index (χ1) is 8.40. The van der Waals surface area contributed by atoms with E-state index in [2.05, 4.69) is 41.5 Å². The maximum atomic E-state index is 6.31. The van der Waals surface area contributed by atoms with Crippen molar-refractivity contribution < 1.29 is 9.22 Å². The highest BCUT2D eigenvalue weighted by atomic mass is 16.5. The molecule has 0 aromatic carbocycles. The van der Waals surface area contributed by atoms with Crippen LogP contribution in [0.15, 0.2) is 0 Å². The highest BCUT2D eigenvalue weighted by molar-refractivity contribution is 4.93. The van der Waals surface area contributed by atoms with Crippen LogP contribution in [0.1, 0.15) is 67.2 Å². The maximum Gasteiger partial charge on any atom is 0.184 e. The van der Waals surface area contributed by atoms with Gasteiger partial charge in [0.1, 0.15) is 12.1 Å². The van der Waals surface area contributed by atoms with Gasteiger partial charge in [-0.2, -0.15) is 0 Å². The number of hydrogen-bond donors (Lipinski definition) is 0. The molecule has 2 rings (SSSR count). The van der Waals surface area contributed by atoms with Crippen LogP contribution in [-0.2, 0) is 4.74 Å². The van der Waals surface area contributed by atoms with Crippen LogP contribution in [-0.4, -0.2) is 34.9 Å². The van der Waals surface area contributed by atoms with Gasteiger partial charge in [0, 0.05) is 6.42 Å².